The molecule has 0 amide bonds. The molecule has 2 aromatic carbocycles. The lowest BCUT2D eigenvalue weighted by Gasteiger charge is -2.36. The predicted molar refractivity (Wildman–Crippen MR) is 99.2 cm³/mol. The number of rotatable bonds is 3. The molecule has 8 heteroatoms. The van der Waals surface area contributed by atoms with Crippen LogP contribution in [-0.2, 0) is 6.18 Å². The SMILES string of the molecule is FC(F)(F)c1cc(C(c2ccc(Cl)cc2Cl)N2CCNCC2)ccc1Cl. The summed E-state index contributed by atoms with van der Waals surface area (Å²) in [7, 11) is 0. The average Bonchev–Trinajstić information content (AvgIpc) is 2.58. The molecule has 0 aromatic heterocycles. The largest absolute Gasteiger partial charge is 0.417 e. The predicted octanol–water partition coefficient (Wildman–Crippen LogP) is 5.66. The topological polar surface area (TPSA) is 15.3 Å². The first-order valence-corrected chi connectivity index (χ1v) is 9.17. The van der Waals surface area contributed by atoms with Crippen molar-refractivity contribution in [1.29, 1.82) is 0 Å². The van der Waals surface area contributed by atoms with Crippen molar-refractivity contribution in [3.63, 3.8) is 0 Å². The van der Waals surface area contributed by atoms with Crippen LogP contribution in [0.2, 0.25) is 15.1 Å². The van der Waals surface area contributed by atoms with Gasteiger partial charge in [0.25, 0.3) is 0 Å². The fourth-order valence-electron chi connectivity index (χ4n) is 3.18. The molecular weight excluding hydrogens is 408 g/mol. The molecule has 0 saturated carbocycles. The monoisotopic (exact) mass is 422 g/mol. The summed E-state index contributed by atoms with van der Waals surface area (Å²) in [6, 6.07) is 8.67. The third-order valence-corrected chi connectivity index (χ3v) is 5.28. The summed E-state index contributed by atoms with van der Waals surface area (Å²) in [5.41, 5.74) is 0.364. The van der Waals surface area contributed by atoms with Gasteiger partial charge in [-0.1, -0.05) is 46.9 Å². The van der Waals surface area contributed by atoms with E-state index in [0.29, 0.717) is 34.3 Å². The van der Waals surface area contributed by atoms with Crippen molar-refractivity contribution >= 4 is 34.8 Å². The van der Waals surface area contributed by atoms with Gasteiger partial charge in [0.15, 0.2) is 0 Å². The Balaban J connectivity index is 2.12. The van der Waals surface area contributed by atoms with Crippen LogP contribution in [0, 0.1) is 0 Å². The Bertz CT molecular complexity index is 790. The van der Waals surface area contributed by atoms with Crippen LogP contribution in [0.15, 0.2) is 36.4 Å². The van der Waals surface area contributed by atoms with E-state index in [-0.39, 0.29) is 5.02 Å². The molecule has 2 aromatic rings. The molecule has 0 spiro atoms. The Hall–Kier alpha value is -0.980. The molecule has 2 nitrogen and oxygen atoms in total. The minimum atomic E-state index is -4.52. The average molecular weight is 424 g/mol. The highest BCUT2D eigenvalue weighted by Gasteiger charge is 2.35. The first kappa shape index (κ1) is 19.8. The summed E-state index contributed by atoms with van der Waals surface area (Å²) < 4.78 is 40.0. The van der Waals surface area contributed by atoms with Crippen LogP contribution in [0.25, 0.3) is 0 Å². The third-order valence-electron chi connectivity index (χ3n) is 4.39. The van der Waals surface area contributed by atoms with Crippen molar-refractivity contribution in [3.05, 3.63) is 68.2 Å². The Morgan fingerprint density at radius 1 is 0.923 bits per heavy atom. The summed E-state index contributed by atoms with van der Waals surface area (Å²) in [6.45, 7) is 2.88. The van der Waals surface area contributed by atoms with E-state index in [1.807, 2.05) is 0 Å². The summed E-state index contributed by atoms with van der Waals surface area (Å²) in [5, 5.41) is 3.82. The first-order chi connectivity index (χ1) is 12.3. The molecule has 0 aliphatic carbocycles. The van der Waals surface area contributed by atoms with Gasteiger partial charge in [-0.3, -0.25) is 4.90 Å². The lowest BCUT2D eigenvalue weighted by Crippen LogP contribution is -2.45. The van der Waals surface area contributed by atoms with Gasteiger partial charge in [-0.15, -0.1) is 0 Å². The van der Waals surface area contributed by atoms with Crippen LogP contribution in [0.5, 0.6) is 0 Å². The molecule has 1 aliphatic heterocycles. The number of hydrogen-bond acceptors (Lipinski definition) is 2. The molecule has 1 fully saturated rings. The van der Waals surface area contributed by atoms with E-state index in [0.717, 1.165) is 19.2 Å². The zero-order valence-corrected chi connectivity index (χ0v) is 15.9. The molecule has 140 valence electrons. The molecule has 1 unspecified atom stereocenters. The fraction of sp³-hybridized carbons (Fsp3) is 0.333. The van der Waals surface area contributed by atoms with E-state index < -0.39 is 17.8 Å². The quantitative estimate of drug-likeness (QED) is 0.685. The third kappa shape index (κ3) is 4.29. The van der Waals surface area contributed by atoms with Gasteiger partial charge in [0.2, 0.25) is 0 Å². The zero-order chi connectivity index (χ0) is 18.9. The van der Waals surface area contributed by atoms with Crippen LogP contribution < -0.4 is 5.32 Å². The van der Waals surface area contributed by atoms with E-state index in [1.165, 1.54) is 6.07 Å². The van der Waals surface area contributed by atoms with E-state index >= 15 is 0 Å². The second-order valence-corrected chi connectivity index (χ2v) is 7.34. The van der Waals surface area contributed by atoms with Crippen LogP contribution in [0.4, 0.5) is 13.2 Å². The van der Waals surface area contributed by atoms with Crippen molar-refractivity contribution in [1.82, 2.24) is 10.2 Å². The van der Waals surface area contributed by atoms with Gasteiger partial charge in [0.1, 0.15) is 0 Å². The second-order valence-electron chi connectivity index (χ2n) is 6.09. The van der Waals surface area contributed by atoms with Crippen molar-refractivity contribution < 1.29 is 13.2 Å². The van der Waals surface area contributed by atoms with Gasteiger partial charge in [-0.05, 0) is 35.4 Å². The minimum Gasteiger partial charge on any atom is -0.314 e. The van der Waals surface area contributed by atoms with Gasteiger partial charge < -0.3 is 5.32 Å². The Labute approximate surface area is 164 Å². The molecule has 1 saturated heterocycles. The van der Waals surface area contributed by atoms with E-state index in [9.17, 15) is 13.2 Å². The van der Waals surface area contributed by atoms with Gasteiger partial charge in [-0.2, -0.15) is 13.2 Å². The number of nitrogens with one attached hydrogen (secondary N) is 1. The van der Waals surface area contributed by atoms with Crippen LogP contribution in [0.1, 0.15) is 22.7 Å². The van der Waals surface area contributed by atoms with Gasteiger partial charge in [0, 0.05) is 36.2 Å². The summed E-state index contributed by atoms with van der Waals surface area (Å²) in [4.78, 5) is 2.11. The molecule has 0 bridgehead atoms. The van der Waals surface area contributed by atoms with Crippen molar-refractivity contribution in [2.75, 3.05) is 26.2 Å². The summed E-state index contributed by atoms with van der Waals surface area (Å²) in [5.74, 6) is 0. The smallest absolute Gasteiger partial charge is 0.314 e. The van der Waals surface area contributed by atoms with E-state index in [1.54, 1.807) is 24.3 Å². The molecule has 3 rings (SSSR count). The number of alkyl halides is 3. The number of halogens is 6. The number of hydrogen-bond donors (Lipinski definition) is 1. The Kier molecular flexibility index (Phi) is 6.04. The minimum absolute atomic E-state index is 0.317. The summed E-state index contributed by atoms with van der Waals surface area (Å²) in [6.07, 6.45) is -4.52. The van der Waals surface area contributed by atoms with Crippen LogP contribution >= 0.6 is 34.8 Å². The molecule has 1 atom stereocenters. The fourth-order valence-corrected chi connectivity index (χ4v) is 3.92. The maximum absolute atomic E-state index is 13.3. The van der Waals surface area contributed by atoms with Gasteiger partial charge in [0.05, 0.1) is 16.6 Å². The standard InChI is InChI=1S/C18H16Cl3F3N2/c19-12-2-3-13(16(21)10-12)17(26-7-5-25-6-8-26)11-1-4-15(20)14(9-11)18(22,23)24/h1-4,9-10,17,25H,5-8H2. The van der Waals surface area contributed by atoms with Gasteiger partial charge >= 0.3 is 6.18 Å². The molecule has 1 heterocycles. The van der Waals surface area contributed by atoms with E-state index in [4.69, 9.17) is 34.8 Å². The number of piperazine rings is 1. The van der Waals surface area contributed by atoms with Crippen molar-refractivity contribution in [2.24, 2.45) is 0 Å². The Morgan fingerprint density at radius 2 is 1.62 bits per heavy atom. The molecular formula is C18H16Cl3F3N2. The lowest BCUT2D eigenvalue weighted by atomic mass is 9.94. The first-order valence-electron chi connectivity index (χ1n) is 8.04. The van der Waals surface area contributed by atoms with Gasteiger partial charge in [-0.25, -0.2) is 0 Å². The summed E-state index contributed by atoms with van der Waals surface area (Å²) >= 11 is 18.1. The zero-order valence-electron chi connectivity index (χ0n) is 13.6. The Morgan fingerprint density at radius 3 is 2.23 bits per heavy atom. The normalized spacial score (nSPS) is 17.3. The number of nitrogens with zero attached hydrogens (tertiary/aromatic N) is 1. The van der Waals surface area contributed by atoms with Crippen LogP contribution in [-0.4, -0.2) is 31.1 Å². The highest BCUT2D eigenvalue weighted by molar-refractivity contribution is 6.35. The molecule has 1 aliphatic rings. The maximum atomic E-state index is 13.3. The molecule has 1 N–H and O–H groups in total. The number of benzene rings is 2. The van der Waals surface area contributed by atoms with Crippen molar-refractivity contribution in [2.45, 2.75) is 12.2 Å². The maximum Gasteiger partial charge on any atom is 0.417 e. The molecule has 26 heavy (non-hydrogen) atoms. The lowest BCUT2D eigenvalue weighted by molar-refractivity contribution is -0.137. The van der Waals surface area contributed by atoms with Crippen molar-refractivity contribution in [3.8, 4) is 0 Å². The second kappa shape index (κ2) is 7.95. The highest BCUT2D eigenvalue weighted by Crippen LogP contribution is 2.40. The van der Waals surface area contributed by atoms with E-state index in [2.05, 4.69) is 10.2 Å². The van der Waals surface area contributed by atoms with Crippen LogP contribution in [0.3, 0.4) is 0 Å². The highest BCUT2D eigenvalue weighted by atomic mass is 35.5. The molecule has 0 radical (unpaired) electrons.